The summed E-state index contributed by atoms with van der Waals surface area (Å²) in [6, 6.07) is 9.88. The van der Waals surface area contributed by atoms with Gasteiger partial charge in [0.05, 0.1) is 11.8 Å². The Labute approximate surface area is 121 Å². The Hall–Kier alpha value is -2.87. The summed E-state index contributed by atoms with van der Waals surface area (Å²) in [6.07, 6.45) is 3.28. The number of nitriles is 1. The van der Waals surface area contributed by atoms with Gasteiger partial charge in [-0.3, -0.25) is 9.36 Å². The quantitative estimate of drug-likeness (QED) is 0.722. The summed E-state index contributed by atoms with van der Waals surface area (Å²) in [5.41, 5.74) is 4.35. The predicted octanol–water partition coefficient (Wildman–Crippen LogP) is 2.30. The van der Waals surface area contributed by atoms with E-state index in [1.807, 2.05) is 32.0 Å². The largest absolute Gasteiger partial charge is 0.298 e. The predicted molar refractivity (Wildman–Crippen MR) is 80.0 cm³/mol. The van der Waals surface area contributed by atoms with Crippen molar-refractivity contribution in [1.29, 1.82) is 5.26 Å². The van der Waals surface area contributed by atoms with E-state index in [9.17, 15) is 4.79 Å². The van der Waals surface area contributed by atoms with E-state index >= 15 is 0 Å². The van der Waals surface area contributed by atoms with Crippen LogP contribution in [-0.4, -0.2) is 14.2 Å². The highest BCUT2D eigenvalue weighted by Crippen LogP contribution is 2.23. The molecule has 0 radical (unpaired) electrons. The lowest BCUT2D eigenvalue weighted by Crippen LogP contribution is -2.20. The highest BCUT2D eigenvalue weighted by molar-refractivity contribution is 5.68. The minimum absolute atomic E-state index is 0.0411. The van der Waals surface area contributed by atoms with E-state index in [2.05, 4.69) is 11.2 Å². The van der Waals surface area contributed by atoms with Crippen molar-refractivity contribution in [3.8, 4) is 17.3 Å². The van der Waals surface area contributed by atoms with Gasteiger partial charge in [0.2, 0.25) is 0 Å². The van der Waals surface area contributed by atoms with Crippen molar-refractivity contribution in [1.82, 2.24) is 14.2 Å². The highest BCUT2D eigenvalue weighted by atomic mass is 16.1. The van der Waals surface area contributed by atoms with Crippen LogP contribution in [0.5, 0.6) is 0 Å². The van der Waals surface area contributed by atoms with Crippen LogP contribution in [0.1, 0.15) is 11.1 Å². The van der Waals surface area contributed by atoms with Crippen LogP contribution in [0.3, 0.4) is 0 Å². The van der Waals surface area contributed by atoms with Gasteiger partial charge in [0.25, 0.3) is 5.56 Å². The molecule has 0 fully saturated rings. The normalized spacial score (nSPS) is 10.7. The van der Waals surface area contributed by atoms with E-state index in [1.54, 1.807) is 23.0 Å². The van der Waals surface area contributed by atoms with Crippen molar-refractivity contribution in [2.75, 3.05) is 0 Å². The second-order valence-corrected chi connectivity index (χ2v) is 5.07. The molecule has 3 aromatic rings. The summed E-state index contributed by atoms with van der Waals surface area (Å²) >= 11 is 0. The van der Waals surface area contributed by atoms with Crippen molar-refractivity contribution in [2.24, 2.45) is 0 Å². The van der Waals surface area contributed by atoms with Gasteiger partial charge in [-0.1, -0.05) is 23.8 Å². The molecule has 0 saturated carbocycles. The molecule has 2 heterocycles. The third kappa shape index (κ3) is 2.21. The van der Waals surface area contributed by atoms with E-state index in [0.717, 1.165) is 16.8 Å². The third-order valence-corrected chi connectivity index (χ3v) is 3.50. The van der Waals surface area contributed by atoms with Crippen LogP contribution >= 0.6 is 0 Å². The third-order valence-electron chi connectivity index (χ3n) is 3.50. The van der Waals surface area contributed by atoms with Gasteiger partial charge in [0.1, 0.15) is 12.1 Å². The second-order valence-electron chi connectivity index (χ2n) is 5.07. The van der Waals surface area contributed by atoms with Crippen molar-refractivity contribution in [3.05, 3.63) is 58.1 Å². The summed E-state index contributed by atoms with van der Waals surface area (Å²) < 4.78 is 2.94. The van der Waals surface area contributed by atoms with Gasteiger partial charge in [0.15, 0.2) is 0 Å². The van der Waals surface area contributed by atoms with Crippen LogP contribution in [0.25, 0.3) is 16.8 Å². The molecule has 0 spiro atoms. The lowest BCUT2D eigenvalue weighted by molar-refractivity contribution is 0.767. The molecule has 104 valence electrons. The fraction of sp³-hybridized carbons (Fsp3) is 0.188. The summed E-state index contributed by atoms with van der Waals surface area (Å²) in [7, 11) is 0. The van der Waals surface area contributed by atoms with E-state index in [1.165, 1.54) is 10.1 Å². The molecule has 0 aliphatic carbocycles. The van der Waals surface area contributed by atoms with E-state index in [0.29, 0.717) is 5.52 Å². The molecule has 21 heavy (non-hydrogen) atoms. The zero-order valence-corrected chi connectivity index (χ0v) is 11.9. The lowest BCUT2D eigenvalue weighted by Gasteiger charge is -2.02. The van der Waals surface area contributed by atoms with Gasteiger partial charge >= 0.3 is 0 Å². The number of nitrogens with zero attached hydrogens (tertiary/aromatic N) is 4. The summed E-state index contributed by atoms with van der Waals surface area (Å²) in [5.74, 6) is 0. The molecule has 5 nitrogen and oxygen atoms in total. The molecule has 1 aromatic carbocycles. The first-order valence-corrected chi connectivity index (χ1v) is 6.63. The van der Waals surface area contributed by atoms with Crippen LogP contribution < -0.4 is 5.56 Å². The number of aryl methyl sites for hydroxylation is 2. The molecule has 0 atom stereocenters. The van der Waals surface area contributed by atoms with Crippen molar-refractivity contribution in [3.63, 3.8) is 0 Å². The van der Waals surface area contributed by atoms with Gasteiger partial charge < -0.3 is 0 Å². The fourth-order valence-corrected chi connectivity index (χ4v) is 2.46. The highest BCUT2D eigenvalue weighted by Gasteiger charge is 2.10. The monoisotopic (exact) mass is 278 g/mol. The maximum atomic E-state index is 12.3. The summed E-state index contributed by atoms with van der Waals surface area (Å²) in [4.78, 5) is 12.3. The fourth-order valence-electron chi connectivity index (χ4n) is 2.46. The molecule has 0 N–H and O–H groups in total. The Morgan fingerprint density at radius 3 is 2.76 bits per heavy atom. The van der Waals surface area contributed by atoms with Gasteiger partial charge in [-0.2, -0.15) is 10.4 Å². The topological polar surface area (TPSA) is 63.1 Å². The van der Waals surface area contributed by atoms with Crippen LogP contribution in [0, 0.1) is 25.2 Å². The average Bonchev–Trinajstić information content (AvgIpc) is 2.87. The maximum Gasteiger partial charge on any atom is 0.277 e. The molecule has 0 amide bonds. The molecular weight excluding hydrogens is 264 g/mol. The van der Waals surface area contributed by atoms with Gasteiger partial charge in [-0.25, -0.2) is 4.52 Å². The summed E-state index contributed by atoms with van der Waals surface area (Å²) in [5, 5.41) is 13.2. The molecule has 3 rings (SSSR count). The van der Waals surface area contributed by atoms with Gasteiger partial charge in [-0.15, -0.1) is 0 Å². The smallest absolute Gasteiger partial charge is 0.277 e. The van der Waals surface area contributed by atoms with Gasteiger partial charge in [0, 0.05) is 18.0 Å². The van der Waals surface area contributed by atoms with E-state index in [4.69, 9.17) is 5.26 Å². The minimum atomic E-state index is -0.206. The molecular formula is C16H14N4O. The zero-order valence-electron chi connectivity index (χ0n) is 11.9. The Morgan fingerprint density at radius 1 is 1.24 bits per heavy atom. The van der Waals surface area contributed by atoms with Crippen LogP contribution in [0.4, 0.5) is 0 Å². The summed E-state index contributed by atoms with van der Waals surface area (Å²) in [6.45, 7) is 4.11. The lowest BCUT2D eigenvalue weighted by atomic mass is 10.0. The minimum Gasteiger partial charge on any atom is -0.298 e. The molecule has 2 aromatic heterocycles. The molecule has 5 heteroatoms. The van der Waals surface area contributed by atoms with Gasteiger partial charge in [-0.05, 0) is 25.5 Å². The first kappa shape index (κ1) is 13.1. The molecule has 0 saturated heterocycles. The molecule has 0 aliphatic heterocycles. The Bertz CT molecular complexity index is 928. The van der Waals surface area contributed by atoms with Crippen molar-refractivity contribution >= 4 is 5.52 Å². The average molecular weight is 278 g/mol. The Morgan fingerprint density at radius 2 is 2.05 bits per heavy atom. The molecule has 0 aliphatic rings. The Kier molecular flexibility index (Phi) is 3.07. The molecule has 0 bridgehead atoms. The Balaban J connectivity index is 2.20. The standard InChI is InChI=1S/C16H14N4O/c1-11-3-4-13(12(2)9-11)14-10-15-16(21)19(6-5-17)7-8-20(15)18-14/h3-4,7-10H,6H2,1-2H3. The van der Waals surface area contributed by atoms with E-state index < -0.39 is 0 Å². The number of aromatic nitrogens is 3. The van der Waals surface area contributed by atoms with E-state index in [-0.39, 0.29) is 12.1 Å². The SMILES string of the molecule is Cc1ccc(-c2cc3c(=O)n(CC#N)ccn3n2)c(C)c1. The first-order chi connectivity index (χ1) is 10.1. The maximum absolute atomic E-state index is 12.3. The number of rotatable bonds is 2. The van der Waals surface area contributed by atoms with Crippen LogP contribution in [0.2, 0.25) is 0 Å². The van der Waals surface area contributed by atoms with Crippen LogP contribution in [-0.2, 0) is 6.54 Å². The first-order valence-electron chi connectivity index (χ1n) is 6.63. The second kappa shape index (κ2) is 4.91. The number of hydrogen-bond acceptors (Lipinski definition) is 3. The number of hydrogen-bond donors (Lipinski definition) is 0. The molecule has 0 unspecified atom stereocenters. The zero-order chi connectivity index (χ0) is 15.0. The van der Waals surface area contributed by atoms with Crippen molar-refractivity contribution in [2.45, 2.75) is 20.4 Å². The number of fused-ring (bicyclic) bond motifs is 1. The van der Waals surface area contributed by atoms with Crippen molar-refractivity contribution < 1.29 is 0 Å². The van der Waals surface area contributed by atoms with Crippen LogP contribution in [0.15, 0.2) is 41.5 Å². The number of benzene rings is 1.